The molecule has 1 rings (SSSR count). The molecule has 2 heteroatoms. The standard InChI is InChI=1S/C7H11BrO/c1-7(6-8)4-2-3-5-9-7/h2-3H,4-6H2,1H3. The van der Waals surface area contributed by atoms with Crippen LogP contribution in [0.25, 0.3) is 0 Å². The lowest BCUT2D eigenvalue weighted by Crippen LogP contribution is -2.32. The fraction of sp³-hybridized carbons (Fsp3) is 0.714. The first-order valence-corrected chi connectivity index (χ1v) is 4.24. The van der Waals surface area contributed by atoms with Crippen molar-refractivity contribution >= 4 is 15.9 Å². The number of hydrogen-bond acceptors (Lipinski definition) is 1. The van der Waals surface area contributed by atoms with Gasteiger partial charge in [0.1, 0.15) is 0 Å². The fourth-order valence-corrected chi connectivity index (χ4v) is 1.19. The van der Waals surface area contributed by atoms with E-state index >= 15 is 0 Å². The minimum absolute atomic E-state index is 0.0503. The Kier molecular flexibility index (Phi) is 2.30. The summed E-state index contributed by atoms with van der Waals surface area (Å²) in [5, 5.41) is 0.921. The predicted molar refractivity (Wildman–Crippen MR) is 41.9 cm³/mol. The van der Waals surface area contributed by atoms with E-state index in [0.29, 0.717) is 0 Å². The second kappa shape index (κ2) is 2.84. The molecule has 0 aliphatic carbocycles. The topological polar surface area (TPSA) is 9.23 Å². The van der Waals surface area contributed by atoms with Gasteiger partial charge in [-0.2, -0.15) is 0 Å². The maximum Gasteiger partial charge on any atom is 0.0789 e. The number of rotatable bonds is 1. The molecule has 1 aliphatic rings. The van der Waals surface area contributed by atoms with Crippen molar-refractivity contribution in [2.24, 2.45) is 0 Å². The van der Waals surface area contributed by atoms with Crippen molar-refractivity contribution in [3.63, 3.8) is 0 Å². The molecular formula is C7H11BrO. The lowest BCUT2D eigenvalue weighted by atomic mass is 10.0. The second-order valence-electron chi connectivity index (χ2n) is 2.57. The van der Waals surface area contributed by atoms with E-state index in [-0.39, 0.29) is 5.60 Å². The predicted octanol–water partition coefficient (Wildman–Crippen LogP) is 2.12. The molecule has 0 radical (unpaired) electrons. The van der Waals surface area contributed by atoms with E-state index in [0.717, 1.165) is 18.4 Å². The lowest BCUT2D eigenvalue weighted by Gasteiger charge is -2.28. The van der Waals surface area contributed by atoms with Crippen LogP contribution in [0.5, 0.6) is 0 Å². The minimum Gasteiger partial charge on any atom is -0.370 e. The fourth-order valence-electron chi connectivity index (χ4n) is 0.802. The first kappa shape index (κ1) is 7.29. The molecule has 9 heavy (non-hydrogen) atoms. The molecule has 0 saturated heterocycles. The maximum absolute atomic E-state index is 5.48. The van der Waals surface area contributed by atoms with Crippen LogP contribution < -0.4 is 0 Å². The van der Waals surface area contributed by atoms with Gasteiger partial charge in [0.05, 0.1) is 12.2 Å². The summed E-state index contributed by atoms with van der Waals surface area (Å²) in [5.74, 6) is 0. The highest BCUT2D eigenvalue weighted by Crippen LogP contribution is 2.21. The molecule has 0 fully saturated rings. The second-order valence-corrected chi connectivity index (χ2v) is 3.13. The molecule has 0 saturated carbocycles. The highest BCUT2D eigenvalue weighted by atomic mass is 79.9. The number of ether oxygens (including phenoxy) is 1. The summed E-state index contributed by atoms with van der Waals surface area (Å²) < 4.78 is 5.48. The Morgan fingerprint density at radius 2 is 2.44 bits per heavy atom. The minimum atomic E-state index is 0.0503. The summed E-state index contributed by atoms with van der Waals surface area (Å²) in [6.45, 7) is 2.88. The Balaban J connectivity index is 2.50. The van der Waals surface area contributed by atoms with E-state index in [1.165, 1.54) is 0 Å². The molecule has 1 nitrogen and oxygen atoms in total. The van der Waals surface area contributed by atoms with Crippen molar-refractivity contribution in [1.82, 2.24) is 0 Å². The highest BCUT2D eigenvalue weighted by Gasteiger charge is 2.23. The van der Waals surface area contributed by atoms with Crippen molar-refractivity contribution < 1.29 is 4.74 Å². The first-order valence-electron chi connectivity index (χ1n) is 3.12. The zero-order valence-corrected chi connectivity index (χ0v) is 7.15. The van der Waals surface area contributed by atoms with Crippen molar-refractivity contribution in [2.45, 2.75) is 18.9 Å². The van der Waals surface area contributed by atoms with Crippen molar-refractivity contribution in [2.75, 3.05) is 11.9 Å². The van der Waals surface area contributed by atoms with Crippen molar-refractivity contribution in [3.8, 4) is 0 Å². The normalized spacial score (nSPS) is 34.9. The molecule has 0 N–H and O–H groups in total. The maximum atomic E-state index is 5.48. The Bertz CT molecular complexity index is 122. The van der Waals surface area contributed by atoms with Crippen LogP contribution in [0, 0.1) is 0 Å². The van der Waals surface area contributed by atoms with E-state index in [4.69, 9.17) is 4.74 Å². The van der Waals surface area contributed by atoms with Crippen LogP contribution in [-0.4, -0.2) is 17.5 Å². The first-order chi connectivity index (χ1) is 4.27. The van der Waals surface area contributed by atoms with Crippen LogP contribution in [0.3, 0.4) is 0 Å². The SMILES string of the molecule is CC1(CBr)CC=CCO1. The molecule has 1 heterocycles. The van der Waals surface area contributed by atoms with Crippen LogP contribution in [0.15, 0.2) is 12.2 Å². The van der Waals surface area contributed by atoms with E-state index in [1.54, 1.807) is 0 Å². The Morgan fingerprint density at radius 1 is 1.67 bits per heavy atom. The van der Waals surface area contributed by atoms with Gasteiger partial charge in [0.2, 0.25) is 0 Å². The number of hydrogen-bond donors (Lipinski definition) is 0. The summed E-state index contributed by atoms with van der Waals surface area (Å²) in [6, 6.07) is 0. The smallest absolute Gasteiger partial charge is 0.0789 e. The summed E-state index contributed by atoms with van der Waals surface area (Å²) in [7, 11) is 0. The summed E-state index contributed by atoms with van der Waals surface area (Å²) in [5.41, 5.74) is 0.0503. The van der Waals surface area contributed by atoms with Crippen molar-refractivity contribution in [3.05, 3.63) is 12.2 Å². The molecule has 0 bridgehead atoms. The average molecular weight is 191 g/mol. The zero-order chi connectivity index (χ0) is 6.74. The molecule has 1 unspecified atom stereocenters. The number of alkyl halides is 1. The van der Waals surface area contributed by atoms with E-state index in [1.807, 2.05) is 0 Å². The van der Waals surface area contributed by atoms with Crippen LogP contribution in [-0.2, 0) is 4.74 Å². The third kappa shape index (κ3) is 1.80. The van der Waals surface area contributed by atoms with E-state index < -0.39 is 0 Å². The van der Waals surface area contributed by atoms with E-state index in [9.17, 15) is 0 Å². The molecule has 1 aliphatic heterocycles. The molecule has 52 valence electrons. The molecular weight excluding hydrogens is 180 g/mol. The van der Waals surface area contributed by atoms with Crippen LogP contribution in [0.1, 0.15) is 13.3 Å². The third-order valence-corrected chi connectivity index (χ3v) is 2.71. The quantitative estimate of drug-likeness (QED) is 0.455. The number of halogens is 1. The summed E-state index contributed by atoms with van der Waals surface area (Å²) in [6.07, 6.45) is 5.26. The van der Waals surface area contributed by atoms with Crippen LogP contribution in [0.2, 0.25) is 0 Å². The van der Waals surface area contributed by atoms with Gasteiger partial charge in [0.15, 0.2) is 0 Å². The lowest BCUT2D eigenvalue weighted by molar-refractivity contribution is -0.00103. The Morgan fingerprint density at radius 3 is 2.78 bits per heavy atom. The zero-order valence-electron chi connectivity index (χ0n) is 5.56. The van der Waals surface area contributed by atoms with Crippen molar-refractivity contribution in [1.29, 1.82) is 0 Å². The van der Waals surface area contributed by atoms with Gasteiger partial charge in [-0.15, -0.1) is 0 Å². The van der Waals surface area contributed by atoms with Gasteiger partial charge in [-0.3, -0.25) is 0 Å². The molecule has 0 aromatic heterocycles. The molecule has 0 aromatic carbocycles. The van der Waals surface area contributed by atoms with Gasteiger partial charge < -0.3 is 4.74 Å². The highest BCUT2D eigenvalue weighted by molar-refractivity contribution is 9.09. The Labute approximate surface area is 64.2 Å². The van der Waals surface area contributed by atoms with Gasteiger partial charge >= 0.3 is 0 Å². The third-order valence-electron chi connectivity index (χ3n) is 1.53. The largest absolute Gasteiger partial charge is 0.370 e. The van der Waals surface area contributed by atoms with Gasteiger partial charge in [-0.1, -0.05) is 28.1 Å². The van der Waals surface area contributed by atoms with Gasteiger partial charge in [0, 0.05) is 5.33 Å². The molecule has 1 atom stereocenters. The van der Waals surface area contributed by atoms with Gasteiger partial charge in [-0.25, -0.2) is 0 Å². The van der Waals surface area contributed by atoms with E-state index in [2.05, 4.69) is 35.0 Å². The monoisotopic (exact) mass is 190 g/mol. The Hall–Kier alpha value is 0.180. The van der Waals surface area contributed by atoms with Gasteiger partial charge in [-0.05, 0) is 13.3 Å². The summed E-state index contributed by atoms with van der Waals surface area (Å²) in [4.78, 5) is 0. The molecule has 0 amide bonds. The average Bonchev–Trinajstić information content (AvgIpc) is 1.90. The summed E-state index contributed by atoms with van der Waals surface area (Å²) >= 11 is 3.41. The molecule has 0 aromatic rings. The van der Waals surface area contributed by atoms with Gasteiger partial charge in [0.25, 0.3) is 0 Å². The van der Waals surface area contributed by atoms with Crippen LogP contribution in [0.4, 0.5) is 0 Å². The van der Waals surface area contributed by atoms with Crippen LogP contribution >= 0.6 is 15.9 Å². The molecule has 0 spiro atoms.